The van der Waals surface area contributed by atoms with E-state index in [-0.39, 0.29) is 0 Å². The van der Waals surface area contributed by atoms with Crippen molar-refractivity contribution in [2.75, 3.05) is 0 Å². The van der Waals surface area contributed by atoms with E-state index < -0.39 is 0 Å². The first kappa shape index (κ1) is 13.4. The zero-order chi connectivity index (χ0) is 11.3. The minimum Gasteiger partial charge on any atom is -0.257 e. The summed E-state index contributed by atoms with van der Waals surface area (Å²) in [4.78, 5) is 4.36. The smallest absolute Gasteiger partial charge is 0.0621 e. The first-order valence-corrected chi connectivity index (χ1v) is 5.53. The Hall–Kier alpha value is -0.560. The van der Waals surface area contributed by atoms with E-state index in [0.29, 0.717) is 5.92 Å². The van der Waals surface area contributed by atoms with Gasteiger partial charge in [0.1, 0.15) is 0 Å². The van der Waals surface area contributed by atoms with Gasteiger partial charge in [-0.3, -0.25) is 4.98 Å². The molecule has 0 aliphatic heterocycles. The average molecular weight is 214 g/mol. The fourth-order valence-electron chi connectivity index (χ4n) is 1.30. The molecule has 1 aromatic heterocycles. The van der Waals surface area contributed by atoms with Crippen LogP contribution in [0.15, 0.2) is 6.07 Å². The van der Waals surface area contributed by atoms with E-state index in [1.807, 2.05) is 33.8 Å². The Morgan fingerprint density at radius 2 is 1.64 bits per heavy atom. The first-order chi connectivity index (χ1) is 6.52. The van der Waals surface area contributed by atoms with Gasteiger partial charge in [-0.05, 0) is 31.4 Å². The zero-order valence-corrected chi connectivity index (χ0v) is 10.7. The van der Waals surface area contributed by atoms with Crippen LogP contribution >= 0.6 is 11.6 Å². The predicted molar refractivity (Wildman–Crippen MR) is 64.2 cm³/mol. The van der Waals surface area contributed by atoms with Gasteiger partial charge in [0.2, 0.25) is 0 Å². The Morgan fingerprint density at radius 3 is 2.07 bits per heavy atom. The molecule has 0 aliphatic rings. The van der Waals surface area contributed by atoms with Crippen LogP contribution in [0, 0.1) is 13.8 Å². The van der Waals surface area contributed by atoms with Crippen LogP contribution in [0.25, 0.3) is 0 Å². The molecule has 0 spiro atoms. The van der Waals surface area contributed by atoms with Crippen molar-refractivity contribution in [2.45, 2.75) is 47.5 Å². The van der Waals surface area contributed by atoms with Gasteiger partial charge in [0.15, 0.2) is 0 Å². The number of halogens is 1. The Bertz CT molecular complexity index is 293. The molecule has 0 radical (unpaired) electrons. The molecule has 0 aliphatic carbocycles. The van der Waals surface area contributed by atoms with Crippen molar-refractivity contribution in [3.05, 3.63) is 28.0 Å². The Morgan fingerprint density at radius 1 is 1.14 bits per heavy atom. The number of pyridine rings is 1. The molecule has 0 unspecified atom stereocenters. The van der Waals surface area contributed by atoms with Gasteiger partial charge in [0, 0.05) is 5.69 Å². The van der Waals surface area contributed by atoms with Crippen molar-refractivity contribution in [3.8, 4) is 0 Å². The highest BCUT2D eigenvalue weighted by molar-refractivity contribution is 6.31. The normalized spacial score (nSPS) is 9.71. The maximum Gasteiger partial charge on any atom is 0.0621 e. The Balaban J connectivity index is 0.000000791. The minimum atomic E-state index is 0.496. The fourth-order valence-corrected chi connectivity index (χ4v) is 1.46. The molecule has 14 heavy (non-hydrogen) atoms. The van der Waals surface area contributed by atoms with E-state index >= 15 is 0 Å². The molecule has 1 rings (SSSR count). The number of nitrogens with zero attached hydrogens (tertiary/aromatic N) is 1. The third-order valence-corrected chi connectivity index (χ3v) is 2.39. The number of hydrogen-bond acceptors (Lipinski definition) is 1. The SMILES string of the molecule is CC.Cc1nc(C)c(C(C)C)cc1Cl. The minimum absolute atomic E-state index is 0.496. The molecule has 0 atom stereocenters. The topological polar surface area (TPSA) is 12.9 Å². The van der Waals surface area contributed by atoms with Crippen molar-refractivity contribution in [1.82, 2.24) is 4.98 Å². The second kappa shape index (κ2) is 6.02. The summed E-state index contributed by atoms with van der Waals surface area (Å²) >= 11 is 5.97. The molecule has 0 saturated carbocycles. The summed E-state index contributed by atoms with van der Waals surface area (Å²) in [5.41, 5.74) is 3.25. The van der Waals surface area contributed by atoms with Crippen molar-refractivity contribution < 1.29 is 0 Å². The highest BCUT2D eigenvalue weighted by Gasteiger charge is 2.07. The van der Waals surface area contributed by atoms with Gasteiger partial charge < -0.3 is 0 Å². The summed E-state index contributed by atoms with van der Waals surface area (Å²) in [6.45, 7) is 12.3. The highest BCUT2D eigenvalue weighted by Crippen LogP contribution is 2.23. The molecule has 1 heterocycles. The van der Waals surface area contributed by atoms with E-state index in [4.69, 9.17) is 11.6 Å². The Kier molecular flexibility index (Phi) is 5.78. The van der Waals surface area contributed by atoms with E-state index in [9.17, 15) is 0 Å². The van der Waals surface area contributed by atoms with Crippen molar-refractivity contribution in [1.29, 1.82) is 0 Å². The summed E-state index contributed by atoms with van der Waals surface area (Å²) in [5, 5.41) is 0.768. The van der Waals surface area contributed by atoms with Gasteiger partial charge in [-0.1, -0.05) is 39.3 Å². The molecule has 2 heteroatoms. The van der Waals surface area contributed by atoms with Crippen LogP contribution in [-0.4, -0.2) is 4.98 Å². The summed E-state index contributed by atoms with van der Waals surface area (Å²) in [6.07, 6.45) is 0. The molecule has 1 nitrogen and oxygen atoms in total. The van der Waals surface area contributed by atoms with E-state index in [1.54, 1.807) is 0 Å². The van der Waals surface area contributed by atoms with Gasteiger partial charge in [-0.25, -0.2) is 0 Å². The van der Waals surface area contributed by atoms with Crippen LogP contribution in [0.2, 0.25) is 5.02 Å². The monoisotopic (exact) mass is 213 g/mol. The largest absolute Gasteiger partial charge is 0.257 e. The molecule has 80 valence electrons. The van der Waals surface area contributed by atoms with Crippen molar-refractivity contribution in [2.24, 2.45) is 0 Å². The molecule has 0 bridgehead atoms. The van der Waals surface area contributed by atoms with Crippen molar-refractivity contribution in [3.63, 3.8) is 0 Å². The van der Waals surface area contributed by atoms with Gasteiger partial charge in [0.25, 0.3) is 0 Å². The number of hydrogen-bond donors (Lipinski definition) is 0. The predicted octanol–water partition coefficient (Wildman–Crippen LogP) is 4.50. The summed E-state index contributed by atoms with van der Waals surface area (Å²) in [7, 11) is 0. The second-order valence-electron chi connectivity index (χ2n) is 3.38. The fraction of sp³-hybridized carbons (Fsp3) is 0.583. The summed E-state index contributed by atoms with van der Waals surface area (Å²) in [5.74, 6) is 0.496. The van der Waals surface area contributed by atoms with Gasteiger partial charge in [-0.2, -0.15) is 0 Å². The lowest BCUT2D eigenvalue weighted by Crippen LogP contribution is -1.97. The molecular weight excluding hydrogens is 194 g/mol. The van der Waals surface area contributed by atoms with Crippen LogP contribution in [0.3, 0.4) is 0 Å². The third-order valence-electron chi connectivity index (χ3n) is 2.00. The van der Waals surface area contributed by atoms with Crippen molar-refractivity contribution >= 4 is 11.6 Å². The number of aromatic nitrogens is 1. The van der Waals surface area contributed by atoms with Crippen LogP contribution in [0.4, 0.5) is 0 Å². The second-order valence-corrected chi connectivity index (χ2v) is 3.79. The van der Waals surface area contributed by atoms with Gasteiger partial charge in [-0.15, -0.1) is 0 Å². The maximum absolute atomic E-state index is 5.97. The molecular formula is C12H20ClN. The maximum atomic E-state index is 5.97. The molecule has 0 N–H and O–H groups in total. The Labute approximate surface area is 92.5 Å². The van der Waals surface area contributed by atoms with Crippen LogP contribution in [-0.2, 0) is 0 Å². The van der Waals surface area contributed by atoms with E-state index in [0.717, 1.165) is 16.4 Å². The standard InChI is InChI=1S/C10H14ClN.C2H6/c1-6(2)9-5-10(11)8(4)12-7(9)3;1-2/h5-6H,1-4H3;1-2H3. The molecule has 0 amide bonds. The van der Waals surface area contributed by atoms with Gasteiger partial charge >= 0.3 is 0 Å². The zero-order valence-electron chi connectivity index (χ0n) is 9.98. The highest BCUT2D eigenvalue weighted by atomic mass is 35.5. The lowest BCUT2D eigenvalue weighted by atomic mass is 10.0. The summed E-state index contributed by atoms with van der Waals surface area (Å²) in [6, 6.07) is 2.02. The molecule has 1 aromatic rings. The molecule has 0 saturated heterocycles. The summed E-state index contributed by atoms with van der Waals surface area (Å²) < 4.78 is 0. The van der Waals surface area contributed by atoms with Crippen LogP contribution in [0.1, 0.15) is 50.6 Å². The quantitative estimate of drug-likeness (QED) is 0.670. The molecule has 0 aromatic carbocycles. The first-order valence-electron chi connectivity index (χ1n) is 5.16. The lowest BCUT2D eigenvalue weighted by molar-refractivity contribution is 0.839. The van der Waals surface area contributed by atoms with E-state index in [2.05, 4.69) is 18.8 Å². The third kappa shape index (κ3) is 3.30. The van der Waals surface area contributed by atoms with Gasteiger partial charge in [0.05, 0.1) is 10.7 Å². The lowest BCUT2D eigenvalue weighted by Gasteiger charge is -2.10. The van der Waals surface area contributed by atoms with Crippen LogP contribution < -0.4 is 0 Å². The average Bonchev–Trinajstić information content (AvgIpc) is 2.14. The molecule has 0 fully saturated rings. The van der Waals surface area contributed by atoms with E-state index in [1.165, 1.54) is 5.56 Å². The number of rotatable bonds is 1. The van der Waals surface area contributed by atoms with Crippen LogP contribution in [0.5, 0.6) is 0 Å². The number of aryl methyl sites for hydroxylation is 2.